The van der Waals surface area contributed by atoms with Crippen molar-refractivity contribution < 1.29 is 4.79 Å². The molecule has 2 aromatic heterocycles. The molecule has 1 atom stereocenters. The van der Waals surface area contributed by atoms with Crippen LogP contribution in [0.5, 0.6) is 0 Å². The number of fused-ring (bicyclic) bond motifs is 4. The van der Waals surface area contributed by atoms with Crippen molar-refractivity contribution in [2.75, 3.05) is 23.3 Å². The fraction of sp³-hybridized carbons (Fsp3) is 0.545. The predicted molar refractivity (Wildman–Crippen MR) is 118 cm³/mol. The average Bonchev–Trinajstić information content (AvgIpc) is 3.51. The Morgan fingerprint density at radius 3 is 2.38 bits per heavy atom. The maximum absolute atomic E-state index is 11.9. The van der Waals surface area contributed by atoms with Crippen molar-refractivity contribution in [3.05, 3.63) is 42.1 Å². The van der Waals surface area contributed by atoms with E-state index in [1.165, 1.54) is 0 Å². The number of hydrogen-bond donors (Lipinski definition) is 2. The maximum Gasteiger partial charge on any atom is 0.270 e. The lowest BCUT2D eigenvalue weighted by Crippen LogP contribution is -2.33. The summed E-state index contributed by atoms with van der Waals surface area (Å²) in [7, 11) is 0. The summed E-state index contributed by atoms with van der Waals surface area (Å²) in [6, 6.07) is 6.51. The normalized spacial score (nSPS) is 17.7. The SMILES string of the molecule is CC.CC.Cc1ncccn1.O=C(NC1CC1)c1ccc2c(n1)NC1CCN2C1. The Hall–Kier alpha value is -2.70. The van der Waals surface area contributed by atoms with Gasteiger partial charge in [0.1, 0.15) is 11.5 Å². The molecule has 0 radical (unpaired) electrons. The minimum Gasteiger partial charge on any atom is -0.366 e. The summed E-state index contributed by atoms with van der Waals surface area (Å²) >= 11 is 0. The van der Waals surface area contributed by atoms with E-state index < -0.39 is 0 Å². The first-order valence-electron chi connectivity index (χ1n) is 10.8. The molecule has 0 aromatic carbocycles. The van der Waals surface area contributed by atoms with Crippen molar-refractivity contribution in [1.29, 1.82) is 0 Å². The molecule has 1 amide bonds. The second kappa shape index (κ2) is 11.3. The monoisotopic (exact) mass is 398 g/mol. The minimum atomic E-state index is -0.0463. The number of aryl methyl sites for hydroxylation is 1. The molecule has 1 saturated heterocycles. The quantitative estimate of drug-likeness (QED) is 0.800. The summed E-state index contributed by atoms with van der Waals surface area (Å²) in [6.07, 6.45) is 6.81. The first kappa shape index (κ1) is 22.6. The minimum absolute atomic E-state index is 0.0463. The molecule has 2 aromatic rings. The van der Waals surface area contributed by atoms with Gasteiger partial charge in [0.2, 0.25) is 0 Å². The number of aromatic nitrogens is 3. The number of nitrogens with zero attached hydrogens (tertiary/aromatic N) is 4. The Bertz CT molecular complexity index is 763. The molecule has 2 N–H and O–H groups in total. The number of anilines is 2. The number of carbonyl (C=O) groups is 1. The lowest BCUT2D eigenvalue weighted by atomic mass is 10.2. The van der Waals surface area contributed by atoms with Crippen molar-refractivity contribution in [1.82, 2.24) is 20.3 Å². The molecule has 0 spiro atoms. The largest absolute Gasteiger partial charge is 0.366 e. The summed E-state index contributed by atoms with van der Waals surface area (Å²) in [6.45, 7) is 12.0. The van der Waals surface area contributed by atoms with Gasteiger partial charge in [0.15, 0.2) is 5.82 Å². The average molecular weight is 399 g/mol. The second-order valence-corrected chi connectivity index (χ2v) is 6.68. The molecular formula is C22H34N6O. The fourth-order valence-electron chi connectivity index (χ4n) is 3.09. The molecule has 4 heterocycles. The van der Waals surface area contributed by atoms with E-state index >= 15 is 0 Å². The third-order valence-corrected chi connectivity index (χ3v) is 4.58. The van der Waals surface area contributed by atoms with Crippen LogP contribution in [0.3, 0.4) is 0 Å². The summed E-state index contributed by atoms with van der Waals surface area (Å²) in [4.78, 5) is 26.5. The van der Waals surface area contributed by atoms with E-state index in [1.807, 2.05) is 46.8 Å². The molecule has 1 saturated carbocycles. The van der Waals surface area contributed by atoms with Crippen molar-refractivity contribution >= 4 is 17.4 Å². The lowest BCUT2D eigenvalue weighted by Gasteiger charge is -2.27. The summed E-state index contributed by atoms with van der Waals surface area (Å²) in [5.74, 6) is 1.64. The molecule has 1 aliphatic carbocycles. The molecule has 3 aliphatic rings. The van der Waals surface area contributed by atoms with Crippen LogP contribution in [0.25, 0.3) is 0 Å². The van der Waals surface area contributed by atoms with Crippen LogP contribution in [0.4, 0.5) is 11.5 Å². The van der Waals surface area contributed by atoms with E-state index in [9.17, 15) is 4.79 Å². The number of carbonyl (C=O) groups excluding carboxylic acids is 1. The Morgan fingerprint density at radius 1 is 1.10 bits per heavy atom. The molecule has 5 rings (SSSR count). The highest BCUT2D eigenvalue weighted by Gasteiger charge is 2.31. The lowest BCUT2D eigenvalue weighted by molar-refractivity contribution is 0.0946. The van der Waals surface area contributed by atoms with E-state index in [0.29, 0.717) is 17.8 Å². The van der Waals surface area contributed by atoms with Crippen LogP contribution in [-0.4, -0.2) is 46.0 Å². The Morgan fingerprint density at radius 2 is 1.79 bits per heavy atom. The number of hydrogen-bond acceptors (Lipinski definition) is 6. The Kier molecular flexibility index (Phi) is 8.83. The van der Waals surface area contributed by atoms with Gasteiger partial charge in [0, 0.05) is 37.6 Å². The highest BCUT2D eigenvalue weighted by molar-refractivity contribution is 5.94. The summed E-state index contributed by atoms with van der Waals surface area (Å²) in [5, 5.41) is 6.39. The van der Waals surface area contributed by atoms with Crippen molar-refractivity contribution in [2.45, 2.75) is 66.0 Å². The zero-order chi connectivity index (χ0) is 21.2. The van der Waals surface area contributed by atoms with Gasteiger partial charge >= 0.3 is 0 Å². The fourth-order valence-corrected chi connectivity index (χ4v) is 3.09. The van der Waals surface area contributed by atoms with Crippen molar-refractivity contribution in [3.8, 4) is 0 Å². The smallest absolute Gasteiger partial charge is 0.270 e. The number of amides is 1. The van der Waals surface area contributed by atoms with Gasteiger partial charge in [-0.25, -0.2) is 15.0 Å². The van der Waals surface area contributed by atoms with Crippen LogP contribution >= 0.6 is 0 Å². The molecule has 2 fully saturated rings. The van der Waals surface area contributed by atoms with Gasteiger partial charge < -0.3 is 15.5 Å². The van der Waals surface area contributed by atoms with Gasteiger partial charge in [0.05, 0.1) is 5.69 Å². The van der Waals surface area contributed by atoms with Crippen molar-refractivity contribution in [2.24, 2.45) is 0 Å². The molecule has 29 heavy (non-hydrogen) atoms. The Labute approximate surface area is 174 Å². The van der Waals surface area contributed by atoms with Gasteiger partial charge in [0.25, 0.3) is 5.91 Å². The summed E-state index contributed by atoms with van der Waals surface area (Å²) < 4.78 is 0. The maximum atomic E-state index is 11.9. The number of nitrogens with one attached hydrogen (secondary N) is 2. The van der Waals surface area contributed by atoms with Gasteiger partial charge in [-0.1, -0.05) is 27.7 Å². The van der Waals surface area contributed by atoms with Gasteiger partial charge in [-0.15, -0.1) is 0 Å². The van der Waals surface area contributed by atoms with Crippen LogP contribution in [0.15, 0.2) is 30.6 Å². The number of rotatable bonds is 2. The van der Waals surface area contributed by atoms with Crippen LogP contribution in [0.1, 0.15) is 63.3 Å². The summed E-state index contributed by atoms with van der Waals surface area (Å²) in [5.41, 5.74) is 1.65. The van der Waals surface area contributed by atoms with Crippen molar-refractivity contribution in [3.63, 3.8) is 0 Å². The zero-order valence-corrected chi connectivity index (χ0v) is 18.3. The first-order chi connectivity index (χ1) is 14.2. The van der Waals surface area contributed by atoms with E-state index in [-0.39, 0.29) is 5.91 Å². The third-order valence-electron chi connectivity index (χ3n) is 4.58. The third kappa shape index (κ3) is 6.41. The van der Waals surface area contributed by atoms with Crippen LogP contribution in [0.2, 0.25) is 0 Å². The molecular weight excluding hydrogens is 364 g/mol. The van der Waals surface area contributed by atoms with Gasteiger partial charge in [-0.2, -0.15) is 0 Å². The molecule has 2 bridgehead atoms. The predicted octanol–water partition coefficient (Wildman–Crippen LogP) is 3.82. The van der Waals surface area contributed by atoms with Crippen LogP contribution < -0.4 is 15.5 Å². The highest BCUT2D eigenvalue weighted by Crippen LogP contribution is 2.34. The second-order valence-electron chi connectivity index (χ2n) is 6.68. The molecule has 1 unspecified atom stereocenters. The van der Waals surface area contributed by atoms with Gasteiger partial charge in [-0.3, -0.25) is 4.79 Å². The van der Waals surface area contributed by atoms with E-state index in [2.05, 4.69) is 30.5 Å². The zero-order valence-electron chi connectivity index (χ0n) is 18.3. The van der Waals surface area contributed by atoms with E-state index in [4.69, 9.17) is 0 Å². The molecule has 7 heteroatoms. The van der Waals surface area contributed by atoms with Crippen LogP contribution in [-0.2, 0) is 0 Å². The number of pyridine rings is 1. The van der Waals surface area contributed by atoms with Gasteiger partial charge in [-0.05, 0) is 44.4 Å². The van der Waals surface area contributed by atoms with E-state index in [0.717, 1.165) is 49.7 Å². The van der Waals surface area contributed by atoms with Crippen LogP contribution in [0, 0.1) is 6.92 Å². The standard InChI is InChI=1S/C13H16N4O.C5H6N2.2C2H6/c18-13(15-8-1-2-8)10-3-4-11-12(16-10)14-9-5-6-17(11)7-9;1-5-6-3-2-4-7-5;2*1-2/h3-4,8-9H,1-2,5-7H2,(H,14,16)(H,15,18);2-4H,1H3;2*1-2H3. The Balaban J connectivity index is 0.000000230. The highest BCUT2D eigenvalue weighted by atomic mass is 16.2. The molecule has 7 nitrogen and oxygen atoms in total. The first-order valence-corrected chi connectivity index (χ1v) is 10.8. The molecule has 158 valence electrons. The topological polar surface area (TPSA) is 83.0 Å². The van der Waals surface area contributed by atoms with E-state index in [1.54, 1.807) is 18.5 Å². The molecule has 2 aliphatic heterocycles.